The summed E-state index contributed by atoms with van der Waals surface area (Å²) < 4.78 is 5.51. The Kier molecular flexibility index (Phi) is 7.28. The number of amides is 2. The second kappa shape index (κ2) is 10.4. The molecule has 4 rings (SSSR count). The van der Waals surface area contributed by atoms with Crippen molar-refractivity contribution in [2.24, 2.45) is 0 Å². The van der Waals surface area contributed by atoms with E-state index in [9.17, 15) is 24.3 Å². The maximum absolute atomic E-state index is 13.1. The summed E-state index contributed by atoms with van der Waals surface area (Å²) in [5, 5.41) is 11.5. The average Bonchev–Trinajstić information content (AvgIpc) is 2.86. The Morgan fingerprint density at radius 3 is 2.47 bits per heavy atom. The van der Waals surface area contributed by atoms with E-state index in [1.807, 2.05) is 36.6 Å². The van der Waals surface area contributed by atoms with Gasteiger partial charge in [-0.25, -0.2) is 9.59 Å². The van der Waals surface area contributed by atoms with Crippen molar-refractivity contribution >= 4 is 47.3 Å². The lowest BCUT2D eigenvalue weighted by atomic mass is 10.0. The summed E-state index contributed by atoms with van der Waals surface area (Å²) in [5.74, 6) is -1.79. The molecule has 2 aromatic rings. The molecule has 2 aromatic carbocycles. The molecule has 0 aliphatic carbocycles. The lowest BCUT2D eigenvalue weighted by Crippen LogP contribution is -2.70. The van der Waals surface area contributed by atoms with E-state index in [0.717, 1.165) is 11.1 Å². The van der Waals surface area contributed by atoms with E-state index in [1.54, 1.807) is 17.8 Å². The molecule has 2 atom stereocenters. The first-order valence-electron chi connectivity index (χ1n) is 10.4. The number of esters is 1. The van der Waals surface area contributed by atoms with Crippen LogP contribution >= 0.6 is 23.5 Å². The quantitative estimate of drug-likeness (QED) is 0.422. The van der Waals surface area contributed by atoms with Gasteiger partial charge in [-0.05, 0) is 29.5 Å². The van der Waals surface area contributed by atoms with Gasteiger partial charge in [0, 0.05) is 11.5 Å². The second-order valence-corrected chi connectivity index (χ2v) is 9.63. The van der Waals surface area contributed by atoms with Crippen LogP contribution in [0.4, 0.5) is 0 Å². The topological polar surface area (TPSA) is 113 Å². The standard InChI is InChI=1S/C24H22N2O6S2/c1-33-12-15-13-34-22-18(25-20(27)16-9-5-6-10-17(16)23(29)30)21(28)26(22)19(15)24(31)32-11-14-7-3-2-4-8-14/h2-10,18,22H,11-13H2,1H3,(H,25,27)(H,29,30)/t18?,22-/m0/s1. The first kappa shape index (κ1) is 23.9. The molecule has 2 heterocycles. The summed E-state index contributed by atoms with van der Waals surface area (Å²) in [6.07, 6.45) is 1.91. The SMILES string of the molecule is CSCC1=C(C(=O)OCc2ccccc2)N2C(=O)C(NC(=O)c3ccccc3C(=O)O)[C@@H]2SC1. The molecule has 0 spiro atoms. The smallest absolute Gasteiger partial charge is 0.355 e. The Balaban J connectivity index is 1.51. The minimum Gasteiger partial charge on any atom is -0.478 e. The molecule has 1 saturated heterocycles. The molecule has 0 aromatic heterocycles. The number of hydrogen-bond acceptors (Lipinski definition) is 7. The molecule has 2 aliphatic heterocycles. The maximum Gasteiger partial charge on any atom is 0.355 e. The van der Waals surface area contributed by atoms with Crippen LogP contribution in [0, 0.1) is 0 Å². The predicted octanol–water partition coefficient (Wildman–Crippen LogP) is 2.76. The van der Waals surface area contributed by atoms with Crippen LogP contribution in [-0.2, 0) is 20.9 Å². The molecule has 2 amide bonds. The molecule has 0 radical (unpaired) electrons. The van der Waals surface area contributed by atoms with Gasteiger partial charge >= 0.3 is 11.9 Å². The van der Waals surface area contributed by atoms with E-state index >= 15 is 0 Å². The van der Waals surface area contributed by atoms with Crippen molar-refractivity contribution in [2.45, 2.75) is 18.0 Å². The molecule has 1 unspecified atom stereocenters. The van der Waals surface area contributed by atoms with Crippen molar-refractivity contribution in [1.29, 1.82) is 0 Å². The lowest BCUT2D eigenvalue weighted by Gasteiger charge is -2.49. The number of carbonyl (C=O) groups is 4. The van der Waals surface area contributed by atoms with Crippen LogP contribution in [0.2, 0.25) is 0 Å². The third kappa shape index (κ3) is 4.69. The van der Waals surface area contributed by atoms with E-state index < -0.39 is 35.2 Å². The lowest BCUT2D eigenvalue weighted by molar-refractivity contribution is -0.152. The number of hydrogen-bond donors (Lipinski definition) is 2. The zero-order valence-electron chi connectivity index (χ0n) is 18.2. The highest BCUT2D eigenvalue weighted by molar-refractivity contribution is 8.00. The number of nitrogens with zero attached hydrogens (tertiary/aromatic N) is 1. The number of β-lactam (4-membered cyclic amide) rings is 1. The van der Waals surface area contributed by atoms with Crippen molar-refractivity contribution in [2.75, 3.05) is 17.8 Å². The van der Waals surface area contributed by atoms with E-state index in [0.29, 0.717) is 11.5 Å². The number of carbonyl (C=O) groups excluding carboxylic acids is 3. The van der Waals surface area contributed by atoms with Gasteiger partial charge in [-0.2, -0.15) is 11.8 Å². The molecule has 2 N–H and O–H groups in total. The van der Waals surface area contributed by atoms with E-state index in [-0.39, 0.29) is 23.4 Å². The average molecular weight is 499 g/mol. The van der Waals surface area contributed by atoms with Crippen molar-refractivity contribution in [3.05, 3.63) is 82.6 Å². The van der Waals surface area contributed by atoms with Gasteiger partial charge in [0.25, 0.3) is 11.8 Å². The summed E-state index contributed by atoms with van der Waals surface area (Å²) in [7, 11) is 0. The minimum absolute atomic E-state index is 0.0248. The fraction of sp³-hybridized carbons (Fsp3) is 0.250. The fourth-order valence-corrected chi connectivity index (χ4v) is 5.90. The number of carboxylic acid groups (broad SMARTS) is 1. The van der Waals surface area contributed by atoms with Gasteiger partial charge in [0.1, 0.15) is 23.7 Å². The summed E-state index contributed by atoms with van der Waals surface area (Å²) in [5.41, 5.74) is 1.70. The van der Waals surface area contributed by atoms with Crippen LogP contribution in [0.1, 0.15) is 26.3 Å². The van der Waals surface area contributed by atoms with Crippen molar-refractivity contribution in [1.82, 2.24) is 10.2 Å². The highest BCUT2D eigenvalue weighted by Crippen LogP contribution is 2.41. The van der Waals surface area contributed by atoms with E-state index in [2.05, 4.69) is 5.32 Å². The van der Waals surface area contributed by atoms with Gasteiger partial charge in [-0.15, -0.1) is 11.8 Å². The van der Waals surface area contributed by atoms with Crippen LogP contribution in [0.3, 0.4) is 0 Å². The van der Waals surface area contributed by atoms with E-state index in [1.165, 1.54) is 34.9 Å². The summed E-state index contributed by atoms with van der Waals surface area (Å²) in [6.45, 7) is 0.0850. The van der Waals surface area contributed by atoms with Crippen molar-refractivity contribution in [3.63, 3.8) is 0 Å². The van der Waals surface area contributed by atoms with Gasteiger partial charge in [0.15, 0.2) is 0 Å². The van der Waals surface area contributed by atoms with Gasteiger partial charge in [-0.1, -0.05) is 42.5 Å². The molecular weight excluding hydrogens is 476 g/mol. The highest BCUT2D eigenvalue weighted by Gasteiger charge is 2.54. The largest absolute Gasteiger partial charge is 0.478 e. The monoisotopic (exact) mass is 498 g/mol. The van der Waals surface area contributed by atoms with Gasteiger partial charge < -0.3 is 15.2 Å². The summed E-state index contributed by atoms with van der Waals surface area (Å²) in [4.78, 5) is 51.7. The third-order valence-corrected chi connectivity index (χ3v) is 7.44. The zero-order valence-corrected chi connectivity index (χ0v) is 19.9. The molecule has 10 heteroatoms. The second-order valence-electron chi connectivity index (χ2n) is 7.66. The molecule has 176 valence electrons. The summed E-state index contributed by atoms with van der Waals surface area (Å²) >= 11 is 2.99. The van der Waals surface area contributed by atoms with Gasteiger partial charge in [0.2, 0.25) is 0 Å². The van der Waals surface area contributed by atoms with Crippen molar-refractivity contribution in [3.8, 4) is 0 Å². The number of ether oxygens (including phenoxy) is 1. The molecular formula is C24H22N2O6S2. The molecule has 0 saturated carbocycles. The number of thioether (sulfide) groups is 2. The van der Waals surface area contributed by atoms with Crippen LogP contribution in [0.5, 0.6) is 0 Å². The van der Waals surface area contributed by atoms with Crippen LogP contribution in [0.15, 0.2) is 65.9 Å². The number of benzene rings is 2. The van der Waals surface area contributed by atoms with Crippen LogP contribution in [-0.4, -0.2) is 62.9 Å². The number of rotatable bonds is 8. The predicted molar refractivity (Wildman–Crippen MR) is 129 cm³/mol. The van der Waals surface area contributed by atoms with E-state index in [4.69, 9.17) is 4.74 Å². The summed E-state index contributed by atoms with van der Waals surface area (Å²) in [6, 6.07) is 14.2. The molecule has 8 nitrogen and oxygen atoms in total. The maximum atomic E-state index is 13.1. The first-order valence-corrected chi connectivity index (χ1v) is 12.9. The van der Waals surface area contributed by atoms with Crippen LogP contribution < -0.4 is 5.32 Å². The highest BCUT2D eigenvalue weighted by atomic mass is 32.2. The number of nitrogens with one attached hydrogen (secondary N) is 1. The van der Waals surface area contributed by atoms with Crippen LogP contribution in [0.25, 0.3) is 0 Å². The number of carboxylic acids is 1. The normalized spacial score (nSPS) is 19.2. The Bertz CT molecular complexity index is 1170. The zero-order chi connectivity index (χ0) is 24.2. The molecule has 2 aliphatic rings. The molecule has 0 bridgehead atoms. The Morgan fingerprint density at radius 1 is 1.12 bits per heavy atom. The van der Waals surface area contributed by atoms with Crippen molar-refractivity contribution < 1.29 is 29.0 Å². The van der Waals surface area contributed by atoms with Gasteiger partial charge in [0.05, 0.1) is 11.1 Å². The Hall–Kier alpha value is -3.24. The Morgan fingerprint density at radius 2 is 1.79 bits per heavy atom. The molecule has 34 heavy (non-hydrogen) atoms. The number of aromatic carboxylic acids is 1. The number of fused-ring (bicyclic) bond motifs is 1. The third-order valence-electron chi connectivity index (χ3n) is 5.46. The fourth-order valence-electron chi connectivity index (χ4n) is 3.84. The first-order chi connectivity index (χ1) is 16.4. The Labute approximate surface area is 204 Å². The minimum atomic E-state index is -1.23. The van der Waals surface area contributed by atoms with Gasteiger partial charge in [-0.3, -0.25) is 14.5 Å². The molecule has 1 fully saturated rings.